The zero-order valence-electron chi connectivity index (χ0n) is 33.3. The fourth-order valence-corrected chi connectivity index (χ4v) is 7.64. The van der Waals surface area contributed by atoms with Crippen LogP contribution in [-0.4, -0.2) is 36.1 Å². The number of hydrogen-bond acceptors (Lipinski definition) is 4. The van der Waals surface area contributed by atoms with Crippen LogP contribution >= 0.6 is 0 Å². The predicted octanol–water partition coefficient (Wildman–Crippen LogP) is 14.2. The third-order valence-electron chi connectivity index (χ3n) is 10.8. The van der Waals surface area contributed by atoms with Gasteiger partial charge in [0.2, 0.25) is 0 Å². The van der Waals surface area contributed by atoms with E-state index in [2.05, 4.69) is 84.5 Å². The van der Waals surface area contributed by atoms with Crippen LogP contribution in [0.3, 0.4) is 0 Å². The van der Waals surface area contributed by atoms with Crippen molar-refractivity contribution in [2.45, 2.75) is 205 Å². The molecule has 2 aliphatic heterocycles. The minimum Gasteiger partial charge on any atom is -0.369 e. The summed E-state index contributed by atoms with van der Waals surface area (Å²) < 4.78 is 13.8. The minimum absolute atomic E-state index is 0.168. The number of pyridine rings is 1. The number of fused-ring (bicyclic) bond motifs is 1. The molecule has 1 aromatic rings. The van der Waals surface area contributed by atoms with Gasteiger partial charge in [-0.2, -0.15) is 0 Å². The topological polar surface area (TPSA) is 34.6 Å². The summed E-state index contributed by atoms with van der Waals surface area (Å²) in [6.07, 6.45) is 56.9. The van der Waals surface area contributed by atoms with Crippen LogP contribution in [0.4, 0.5) is 5.69 Å². The first-order valence-corrected chi connectivity index (χ1v) is 21.9. The molecular weight excluding hydrogens is 625 g/mol. The highest BCUT2D eigenvalue weighted by atomic mass is 16.8. The van der Waals surface area contributed by atoms with Crippen molar-refractivity contribution in [3.63, 3.8) is 0 Å². The van der Waals surface area contributed by atoms with Crippen molar-refractivity contribution in [1.29, 1.82) is 0 Å². The van der Waals surface area contributed by atoms with Gasteiger partial charge in [0.25, 0.3) is 0 Å². The molecule has 2 fully saturated rings. The second-order valence-electron chi connectivity index (χ2n) is 15.3. The number of allylic oxidation sites excluding steroid dienone is 8. The van der Waals surface area contributed by atoms with E-state index in [0.29, 0.717) is 0 Å². The first-order chi connectivity index (χ1) is 25.3. The molecular formula is C47H78N2O2. The molecule has 0 amide bonds. The van der Waals surface area contributed by atoms with Gasteiger partial charge in [-0.15, -0.1) is 0 Å². The molecule has 2 saturated heterocycles. The number of anilines is 1. The molecule has 2 unspecified atom stereocenters. The molecule has 1 aromatic heterocycles. The largest absolute Gasteiger partial charge is 0.369 e. The molecule has 4 heteroatoms. The molecule has 3 heterocycles. The molecule has 288 valence electrons. The van der Waals surface area contributed by atoms with Gasteiger partial charge in [0, 0.05) is 44.0 Å². The summed E-state index contributed by atoms with van der Waals surface area (Å²) in [4.78, 5) is 6.68. The Labute approximate surface area is 315 Å². The molecule has 0 N–H and O–H groups in total. The van der Waals surface area contributed by atoms with Crippen LogP contribution in [0.2, 0.25) is 0 Å². The average molecular weight is 703 g/mol. The second-order valence-corrected chi connectivity index (χ2v) is 15.3. The summed E-state index contributed by atoms with van der Waals surface area (Å²) in [6.45, 7) is 6.49. The molecule has 2 atom stereocenters. The number of hydrogen-bond donors (Lipinski definition) is 0. The number of rotatable bonds is 31. The van der Waals surface area contributed by atoms with Gasteiger partial charge in [-0.25, -0.2) is 0 Å². The fourth-order valence-electron chi connectivity index (χ4n) is 7.64. The SMILES string of the molecule is CCCCCC=CCC=CCCCCCCCCC1(CCCCCCCCC=CCC=CCCCCC)OC2CCN(c3ccncc3)CC2O1. The van der Waals surface area contributed by atoms with Crippen molar-refractivity contribution in [1.82, 2.24) is 4.98 Å². The normalized spacial score (nSPS) is 20.9. The van der Waals surface area contributed by atoms with E-state index in [1.165, 1.54) is 147 Å². The Bertz CT molecular complexity index is 1020. The van der Waals surface area contributed by atoms with E-state index in [4.69, 9.17) is 9.47 Å². The molecule has 0 bridgehead atoms. The van der Waals surface area contributed by atoms with Gasteiger partial charge in [0.1, 0.15) is 6.10 Å². The van der Waals surface area contributed by atoms with E-state index in [-0.39, 0.29) is 18.0 Å². The third-order valence-corrected chi connectivity index (χ3v) is 10.8. The Hall–Kier alpha value is -2.17. The second kappa shape index (κ2) is 29.3. The molecule has 0 aliphatic carbocycles. The molecule has 2 aliphatic rings. The van der Waals surface area contributed by atoms with E-state index < -0.39 is 0 Å². The maximum absolute atomic E-state index is 6.95. The highest BCUT2D eigenvalue weighted by Crippen LogP contribution is 2.41. The van der Waals surface area contributed by atoms with E-state index >= 15 is 0 Å². The summed E-state index contributed by atoms with van der Waals surface area (Å²) in [5, 5.41) is 0. The standard InChI is InChI=1S/C47H78N2O2/c1-3-5-7-9-11-13-15-17-19-21-23-25-27-29-31-33-38-47(50-45-37-42-49(43-46(45)51-47)44-35-40-48-41-36-44)39-34-32-30-28-26-24-22-20-18-16-14-12-10-8-6-4-2/h11-14,17-20,35-36,40-41,45-46H,3-10,15-16,21-34,37-39,42-43H2,1-2H3. The number of nitrogens with zero attached hydrogens (tertiary/aromatic N) is 2. The van der Waals surface area contributed by atoms with Gasteiger partial charge >= 0.3 is 0 Å². The number of ether oxygens (including phenoxy) is 2. The van der Waals surface area contributed by atoms with Crippen LogP contribution in [0.25, 0.3) is 0 Å². The predicted molar refractivity (Wildman–Crippen MR) is 221 cm³/mol. The first-order valence-electron chi connectivity index (χ1n) is 21.9. The lowest BCUT2D eigenvalue weighted by atomic mass is 9.98. The van der Waals surface area contributed by atoms with Gasteiger partial charge in [-0.1, -0.05) is 140 Å². The van der Waals surface area contributed by atoms with Crippen LogP contribution in [0, 0.1) is 0 Å². The summed E-state index contributed by atoms with van der Waals surface area (Å²) >= 11 is 0. The smallest absolute Gasteiger partial charge is 0.169 e. The molecule has 51 heavy (non-hydrogen) atoms. The van der Waals surface area contributed by atoms with E-state index in [9.17, 15) is 0 Å². The van der Waals surface area contributed by atoms with Crippen molar-refractivity contribution in [2.75, 3.05) is 18.0 Å². The zero-order valence-corrected chi connectivity index (χ0v) is 33.3. The van der Waals surface area contributed by atoms with Gasteiger partial charge in [-0.3, -0.25) is 4.98 Å². The maximum atomic E-state index is 6.95. The summed E-state index contributed by atoms with van der Waals surface area (Å²) in [5.74, 6) is -0.381. The van der Waals surface area contributed by atoms with Crippen molar-refractivity contribution in [3.05, 3.63) is 73.1 Å². The molecule has 3 rings (SSSR count). The van der Waals surface area contributed by atoms with Crippen LogP contribution in [0.5, 0.6) is 0 Å². The lowest BCUT2D eigenvalue weighted by molar-refractivity contribution is -0.185. The van der Waals surface area contributed by atoms with E-state index in [0.717, 1.165) is 45.2 Å². The monoisotopic (exact) mass is 703 g/mol. The Morgan fingerprint density at radius 2 is 1.00 bits per heavy atom. The minimum atomic E-state index is -0.381. The lowest BCUT2D eigenvalue weighted by Gasteiger charge is -2.34. The van der Waals surface area contributed by atoms with Crippen LogP contribution in [0.15, 0.2) is 73.1 Å². The van der Waals surface area contributed by atoms with Gasteiger partial charge < -0.3 is 14.4 Å². The Morgan fingerprint density at radius 1 is 0.569 bits per heavy atom. The zero-order chi connectivity index (χ0) is 35.9. The van der Waals surface area contributed by atoms with Crippen molar-refractivity contribution in [2.24, 2.45) is 0 Å². The highest BCUT2D eigenvalue weighted by molar-refractivity contribution is 5.45. The summed E-state index contributed by atoms with van der Waals surface area (Å²) in [5.41, 5.74) is 1.25. The number of unbranched alkanes of at least 4 members (excludes halogenated alkanes) is 18. The van der Waals surface area contributed by atoms with Crippen molar-refractivity contribution >= 4 is 5.69 Å². The summed E-state index contributed by atoms with van der Waals surface area (Å²) in [6, 6.07) is 4.25. The molecule has 0 radical (unpaired) electrons. The van der Waals surface area contributed by atoms with Gasteiger partial charge in [-0.05, 0) is 95.6 Å². The number of aromatic nitrogens is 1. The quantitative estimate of drug-likeness (QED) is 0.0570. The van der Waals surface area contributed by atoms with Gasteiger partial charge in [0.05, 0.1) is 6.10 Å². The first kappa shape index (κ1) is 43.2. The molecule has 0 saturated carbocycles. The third kappa shape index (κ3) is 20.0. The van der Waals surface area contributed by atoms with Crippen molar-refractivity contribution in [3.8, 4) is 0 Å². The Morgan fingerprint density at radius 3 is 1.49 bits per heavy atom. The van der Waals surface area contributed by atoms with E-state index in [1.54, 1.807) is 0 Å². The fraction of sp³-hybridized carbons (Fsp3) is 0.723. The maximum Gasteiger partial charge on any atom is 0.169 e. The summed E-state index contributed by atoms with van der Waals surface area (Å²) in [7, 11) is 0. The van der Waals surface area contributed by atoms with E-state index in [1.807, 2.05) is 12.4 Å². The van der Waals surface area contributed by atoms with Gasteiger partial charge in [0.15, 0.2) is 5.79 Å². The average Bonchev–Trinajstić information content (AvgIpc) is 3.52. The van der Waals surface area contributed by atoms with Crippen LogP contribution in [-0.2, 0) is 9.47 Å². The van der Waals surface area contributed by atoms with Crippen LogP contribution in [0.1, 0.15) is 187 Å². The number of piperidine rings is 1. The van der Waals surface area contributed by atoms with Crippen LogP contribution < -0.4 is 4.90 Å². The Kier molecular flexibility index (Phi) is 24.8. The Balaban J connectivity index is 1.30. The molecule has 0 spiro atoms. The lowest BCUT2D eigenvalue weighted by Crippen LogP contribution is -2.45. The molecule has 0 aromatic carbocycles. The van der Waals surface area contributed by atoms with Crippen molar-refractivity contribution < 1.29 is 9.47 Å². The highest BCUT2D eigenvalue weighted by Gasteiger charge is 2.48. The molecule has 4 nitrogen and oxygen atoms in total.